The van der Waals surface area contributed by atoms with Crippen LogP contribution in [0, 0.1) is 16.0 Å². The minimum atomic E-state index is -0.497. The van der Waals surface area contributed by atoms with Gasteiger partial charge in [-0.15, -0.1) is 0 Å². The summed E-state index contributed by atoms with van der Waals surface area (Å²) in [5, 5.41) is 20.0. The highest BCUT2D eigenvalue weighted by atomic mass is 16.6. The van der Waals surface area contributed by atoms with Crippen molar-refractivity contribution in [2.45, 2.75) is 25.9 Å². The molecule has 2 rings (SSSR count). The van der Waals surface area contributed by atoms with E-state index < -0.39 is 4.92 Å². The predicted molar refractivity (Wildman–Crippen MR) is 67.5 cm³/mol. The molecule has 0 bridgehead atoms. The van der Waals surface area contributed by atoms with Gasteiger partial charge in [0.2, 0.25) is 0 Å². The maximum absolute atomic E-state index is 10.5. The monoisotopic (exact) mass is 251 g/mol. The molecule has 1 aliphatic heterocycles. The summed E-state index contributed by atoms with van der Waals surface area (Å²) in [6.45, 7) is 3.54. The molecule has 0 unspecified atom stereocenters. The first-order chi connectivity index (χ1) is 8.58. The smallest absolute Gasteiger partial charge is 0.363 e. The van der Waals surface area contributed by atoms with E-state index in [1.807, 2.05) is 6.92 Å². The minimum Gasteiger partial charge on any atom is -0.393 e. The van der Waals surface area contributed by atoms with Crippen molar-refractivity contribution in [2.75, 3.05) is 18.0 Å². The molecule has 98 valence electrons. The molecule has 0 aliphatic carbocycles. The van der Waals surface area contributed by atoms with Gasteiger partial charge in [0.05, 0.1) is 11.8 Å². The zero-order valence-corrected chi connectivity index (χ0v) is 10.3. The lowest BCUT2D eigenvalue weighted by molar-refractivity contribution is -0.389. The van der Waals surface area contributed by atoms with E-state index in [1.165, 1.54) is 6.07 Å². The molecule has 1 N–H and O–H groups in total. The van der Waals surface area contributed by atoms with E-state index in [0.29, 0.717) is 5.92 Å². The van der Waals surface area contributed by atoms with Crippen molar-refractivity contribution in [3.05, 3.63) is 28.4 Å². The Morgan fingerprint density at radius 2 is 2.17 bits per heavy atom. The average Bonchev–Trinajstić information content (AvgIpc) is 2.39. The summed E-state index contributed by atoms with van der Waals surface area (Å²) in [6.07, 6.45) is 3.16. The third-order valence-corrected chi connectivity index (χ3v) is 3.51. The van der Waals surface area contributed by atoms with Crippen molar-refractivity contribution in [2.24, 2.45) is 5.92 Å². The first-order valence-electron chi connectivity index (χ1n) is 6.11. The molecule has 1 aromatic rings. The number of aromatic nitrogens is 1. The summed E-state index contributed by atoms with van der Waals surface area (Å²) in [6, 6.07) is 3.16. The third kappa shape index (κ3) is 2.76. The fraction of sp³-hybridized carbons (Fsp3) is 0.583. The number of piperidine rings is 1. The van der Waals surface area contributed by atoms with Gasteiger partial charge in [0, 0.05) is 19.2 Å². The average molecular weight is 251 g/mol. The zero-order chi connectivity index (χ0) is 13.1. The number of aliphatic hydroxyl groups is 1. The van der Waals surface area contributed by atoms with Crippen LogP contribution < -0.4 is 4.90 Å². The van der Waals surface area contributed by atoms with Crippen LogP contribution in [0.5, 0.6) is 0 Å². The lowest BCUT2D eigenvalue weighted by Crippen LogP contribution is -2.37. The molecule has 1 saturated heterocycles. The second-order valence-corrected chi connectivity index (χ2v) is 4.70. The number of nitro groups is 1. The number of hydrogen-bond donors (Lipinski definition) is 1. The Bertz CT molecular complexity index is 411. The molecule has 0 saturated carbocycles. The molecule has 18 heavy (non-hydrogen) atoms. The van der Waals surface area contributed by atoms with E-state index in [-0.39, 0.29) is 11.9 Å². The van der Waals surface area contributed by atoms with Crippen LogP contribution in [0.2, 0.25) is 0 Å². The van der Waals surface area contributed by atoms with Gasteiger partial charge in [0.25, 0.3) is 0 Å². The van der Waals surface area contributed by atoms with Gasteiger partial charge in [-0.3, -0.25) is 0 Å². The normalized spacial score (nSPS) is 18.7. The van der Waals surface area contributed by atoms with Crippen LogP contribution in [0.4, 0.5) is 11.5 Å². The second-order valence-electron chi connectivity index (χ2n) is 4.70. The standard InChI is InChI=1S/C12H17N3O3/c1-9(16)10-4-6-14(7-5-10)11-2-3-12(13-8-11)15(17)18/h2-3,8-10,16H,4-7H2,1H3/t9-/m0/s1. The molecule has 0 radical (unpaired) electrons. The van der Waals surface area contributed by atoms with E-state index in [4.69, 9.17) is 0 Å². The Morgan fingerprint density at radius 1 is 1.50 bits per heavy atom. The Balaban J connectivity index is 1.99. The van der Waals surface area contributed by atoms with Gasteiger partial charge in [-0.1, -0.05) is 0 Å². The number of hydrogen-bond acceptors (Lipinski definition) is 5. The molecule has 1 aromatic heterocycles. The molecule has 1 fully saturated rings. The van der Waals surface area contributed by atoms with Crippen molar-refractivity contribution >= 4 is 11.5 Å². The van der Waals surface area contributed by atoms with Crippen LogP contribution in [0.3, 0.4) is 0 Å². The van der Waals surface area contributed by atoms with Crippen molar-refractivity contribution in [3.63, 3.8) is 0 Å². The van der Waals surface area contributed by atoms with Crippen LogP contribution in [-0.4, -0.2) is 34.2 Å². The van der Waals surface area contributed by atoms with E-state index in [2.05, 4.69) is 9.88 Å². The first-order valence-corrected chi connectivity index (χ1v) is 6.11. The Morgan fingerprint density at radius 3 is 2.61 bits per heavy atom. The molecule has 0 amide bonds. The molecule has 0 aromatic carbocycles. The van der Waals surface area contributed by atoms with Crippen LogP contribution >= 0.6 is 0 Å². The molecular weight excluding hydrogens is 234 g/mol. The number of pyridine rings is 1. The largest absolute Gasteiger partial charge is 0.393 e. The molecule has 2 heterocycles. The highest BCUT2D eigenvalue weighted by Gasteiger charge is 2.23. The molecular formula is C12H17N3O3. The topological polar surface area (TPSA) is 79.5 Å². The van der Waals surface area contributed by atoms with Gasteiger partial charge >= 0.3 is 5.82 Å². The van der Waals surface area contributed by atoms with Gasteiger partial charge in [0.1, 0.15) is 0 Å². The van der Waals surface area contributed by atoms with Gasteiger partial charge in [0.15, 0.2) is 6.20 Å². The van der Waals surface area contributed by atoms with E-state index in [9.17, 15) is 15.2 Å². The Labute approximate surface area is 105 Å². The summed E-state index contributed by atoms with van der Waals surface area (Å²) >= 11 is 0. The van der Waals surface area contributed by atoms with Gasteiger partial charge in [-0.05, 0) is 41.7 Å². The van der Waals surface area contributed by atoms with E-state index >= 15 is 0 Å². The lowest BCUT2D eigenvalue weighted by atomic mass is 9.92. The van der Waals surface area contributed by atoms with Crippen LogP contribution in [0.25, 0.3) is 0 Å². The van der Waals surface area contributed by atoms with Gasteiger partial charge < -0.3 is 20.1 Å². The van der Waals surface area contributed by atoms with Gasteiger partial charge in [-0.2, -0.15) is 0 Å². The zero-order valence-electron chi connectivity index (χ0n) is 10.3. The van der Waals surface area contributed by atoms with Gasteiger partial charge in [-0.25, -0.2) is 0 Å². The van der Waals surface area contributed by atoms with E-state index in [0.717, 1.165) is 31.6 Å². The number of nitrogens with zero attached hydrogens (tertiary/aromatic N) is 3. The number of anilines is 1. The van der Waals surface area contributed by atoms with E-state index in [1.54, 1.807) is 12.3 Å². The highest BCUT2D eigenvalue weighted by Crippen LogP contribution is 2.25. The summed E-state index contributed by atoms with van der Waals surface area (Å²) in [5.74, 6) is 0.227. The summed E-state index contributed by atoms with van der Waals surface area (Å²) in [7, 11) is 0. The molecule has 0 spiro atoms. The Kier molecular flexibility index (Phi) is 3.76. The van der Waals surface area contributed by atoms with Crippen molar-refractivity contribution in [3.8, 4) is 0 Å². The number of aliphatic hydroxyl groups excluding tert-OH is 1. The molecule has 6 nitrogen and oxygen atoms in total. The maximum Gasteiger partial charge on any atom is 0.363 e. The van der Waals surface area contributed by atoms with Crippen LogP contribution in [-0.2, 0) is 0 Å². The molecule has 1 aliphatic rings. The SMILES string of the molecule is C[C@H](O)C1CCN(c2ccc([N+](=O)[O-])nc2)CC1. The summed E-state index contributed by atoms with van der Waals surface area (Å²) in [5.41, 5.74) is 0.907. The predicted octanol–water partition coefficient (Wildman–Crippen LogP) is 1.59. The summed E-state index contributed by atoms with van der Waals surface area (Å²) in [4.78, 5) is 16.0. The molecule has 1 atom stereocenters. The molecule has 6 heteroatoms. The quantitative estimate of drug-likeness (QED) is 0.651. The van der Waals surface area contributed by atoms with Crippen LogP contribution in [0.15, 0.2) is 18.3 Å². The van der Waals surface area contributed by atoms with Crippen molar-refractivity contribution in [1.82, 2.24) is 4.98 Å². The van der Waals surface area contributed by atoms with Crippen LogP contribution in [0.1, 0.15) is 19.8 Å². The summed E-state index contributed by atoms with van der Waals surface area (Å²) < 4.78 is 0. The second kappa shape index (κ2) is 5.30. The lowest BCUT2D eigenvalue weighted by Gasteiger charge is -2.34. The maximum atomic E-state index is 10.5. The minimum absolute atomic E-state index is 0.127. The number of rotatable bonds is 3. The fourth-order valence-electron chi connectivity index (χ4n) is 2.31. The van der Waals surface area contributed by atoms with Crippen molar-refractivity contribution < 1.29 is 10.0 Å². The first kappa shape index (κ1) is 12.8. The Hall–Kier alpha value is -1.69. The van der Waals surface area contributed by atoms with Crippen molar-refractivity contribution in [1.29, 1.82) is 0 Å². The third-order valence-electron chi connectivity index (χ3n) is 3.51. The fourth-order valence-corrected chi connectivity index (χ4v) is 2.31. The highest BCUT2D eigenvalue weighted by molar-refractivity contribution is 5.46.